The second kappa shape index (κ2) is 5.58. The summed E-state index contributed by atoms with van der Waals surface area (Å²) >= 11 is 0. The Kier molecular flexibility index (Phi) is 3.47. The Morgan fingerprint density at radius 3 is 2.81 bits per heavy atom. The van der Waals surface area contributed by atoms with Crippen molar-refractivity contribution in [1.82, 2.24) is 15.2 Å². The molecule has 0 aliphatic heterocycles. The summed E-state index contributed by atoms with van der Waals surface area (Å²) in [6.45, 7) is 0. The molecule has 5 nitrogen and oxygen atoms in total. The summed E-state index contributed by atoms with van der Waals surface area (Å²) in [6.07, 6.45) is 3.35. The molecular weight excluding hydrogens is 264 g/mol. The number of nitrogens with one attached hydrogen (secondary N) is 1. The SMILES string of the molecule is Cn1ccc(C(=O)NN=Cc2cccc3ccccc23)n1. The summed E-state index contributed by atoms with van der Waals surface area (Å²) in [5, 5.41) is 10.3. The van der Waals surface area contributed by atoms with Gasteiger partial charge in [0.1, 0.15) is 0 Å². The number of hydrogen-bond acceptors (Lipinski definition) is 3. The number of aromatic nitrogens is 2. The number of carbonyl (C=O) groups excluding carboxylic acids is 1. The molecule has 1 N–H and O–H groups in total. The van der Waals surface area contributed by atoms with E-state index in [0.717, 1.165) is 16.3 Å². The first-order valence-corrected chi connectivity index (χ1v) is 6.55. The minimum absolute atomic E-state index is 0.327. The van der Waals surface area contributed by atoms with E-state index in [1.807, 2.05) is 42.5 Å². The molecule has 3 aromatic rings. The van der Waals surface area contributed by atoms with Gasteiger partial charge in [0.25, 0.3) is 5.91 Å². The van der Waals surface area contributed by atoms with Gasteiger partial charge in [-0.25, -0.2) is 5.43 Å². The van der Waals surface area contributed by atoms with Gasteiger partial charge in [-0.05, 0) is 16.8 Å². The molecule has 2 aromatic carbocycles. The molecule has 0 radical (unpaired) electrons. The number of hydrazone groups is 1. The van der Waals surface area contributed by atoms with Gasteiger partial charge >= 0.3 is 0 Å². The van der Waals surface area contributed by atoms with Gasteiger partial charge in [0.2, 0.25) is 0 Å². The minimum atomic E-state index is -0.327. The van der Waals surface area contributed by atoms with Crippen LogP contribution in [-0.4, -0.2) is 21.9 Å². The van der Waals surface area contributed by atoms with Gasteiger partial charge in [-0.3, -0.25) is 9.48 Å². The smallest absolute Gasteiger partial charge is 0.275 e. The summed E-state index contributed by atoms with van der Waals surface area (Å²) in [4.78, 5) is 11.8. The van der Waals surface area contributed by atoms with E-state index in [4.69, 9.17) is 0 Å². The largest absolute Gasteiger partial charge is 0.291 e. The molecule has 0 aliphatic carbocycles. The Bertz CT molecular complexity index is 815. The maximum atomic E-state index is 11.8. The van der Waals surface area contributed by atoms with Gasteiger partial charge in [-0.1, -0.05) is 42.5 Å². The van der Waals surface area contributed by atoms with E-state index < -0.39 is 0 Å². The summed E-state index contributed by atoms with van der Waals surface area (Å²) < 4.78 is 1.57. The number of fused-ring (bicyclic) bond motifs is 1. The number of rotatable bonds is 3. The highest BCUT2D eigenvalue weighted by Gasteiger charge is 2.06. The number of aryl methyl sites for hydroxylation is 1. The Labute approximate surface area is 121 Å². The minimum Gasteiger partial charge on any atom is -0.275 e. The first-order valence-electron chi connectivity index (χ1n) is 6.55. The van der Waals surface area contributed by atoms with Crippen molar-refractivity contribution in [2.75, 3.05) is 0 Å². The van der Waals surface area contributed by atoms with Crippen LogP contribution in [-0.2, 0) is 7.05 Å². The van der Waals surface area contributed by atoms with Crippen molar-refractivity contribution in [3.63, 3.8) is 0 Å². The van der Waals surface area contributed by atoms with Crippen molar-refractivity contribution < 1.29 is 4.79 Å². The lowest BCUT2D eigenvalue weighted by Crippen LogP contribution is -2.18. The van der Waals surface area contributed by atoms with Gasteiger partial charge in [0.15, 0.2) is 5.69 Å². The summed E-state index contributed by atoms with van der Waals surface area (Å²) in [5.41, 5.74) is 3.77. The van der Waals surface area contributed by atoms with Gasteiger partial charge in [0, 0.05) is 18.8 Å². The van der Waals surface area contributed by atoms with Gasteiger partial charge in [-0.2, -0.15) is 10.2 Å². The van der Waals surface area contributed by atoms with Gasteiger partial charge < -0.3 is 0 Å². The maximum absolute atomic E-state index is 11.8. The number of amides is 1. The average molecular weight is 278 g/mol. The zero-order valence-electron chi connectivity index (χ0n) is 11.5. The lowest BCUT2D eigenvalue weighted by atomic mass is 10.1. The first-order chi connectivity index (χ1) is 10.2. The van der Waals surface area contributed by atoms with E-state index in [9.17, 15) is 4.79 Å². The first kappa shape index (κ1) is 13.1. The number of carbonyl (C=O) groups is 1. The van der Waals surface area contributed by atoms with Crippen molar-refractivity contribution >= 4 is 22.9 Å². The molecule has 1 amide bonds. The van der Waals surface area contributed by atoms with Crippen LogP contribution in [0.15, 0.2) is 59.8 Å². The molecule has 104 valence electrons. The highest BCUT2D eigenvalue weighted by Crippen LogP contribution is 2.16. The molecule has 1 aromatic heterocycles. The van der Waals surface area contributed by atoms with Gasteiger partial charge in [0.05, 0.1) is 6.21 Å². The van der Waals surface area contributed by atoms with Crippen LogP contribution >= 0.6 is 0 Å². The Morgan fingerprint density at radius 2 is 2.00 bits per heavy atom. The average Bonchev–Trinajstić information content (AvgIpc) is 2.94. The molecule has 0 spiro atoms. The van der Waals surface area contributed by atoms with E-state index in [-0.39, 0.29) is 5.91 Å². The molecule has 0 saturated heterocycles. The maximum Gasteiger partial charge on any atom is 0.291 e. The zero-order chi connectivity index (χ0) is 14.7. The fourth-order valence-corrected chi connectivity index (χ4v) is 2.12. The molecule has 21 heavy (non-hydrogen) atoms. The zero-order valence-corrected chi connectivity index (χ0v) is 11.5. The van der Waals surface area contributed by atoms with Crippen molar-refractivity contribution in [3.05, 3.63) is 66.0 Å². The van der Waals surface area contributed by atoms with E-state index >= 15 is 0 Å². The van der Waals surface area contributed by atoms with Crippen LogP contribution < -0.4 is 5.43 Å². The summed E-state index contributed by atoms with van der Waals surface area (Å²) in [6, 6.07) is 15.6. The van der Waals surface area contributed by atoms with E-state index in [0.29, 0.717) is 5.69 Å². The van der Waals surface area contributed by atoms with E-state index in [1.54, 1.807) is 30.2 Å². The molecule has 0 aliphatic rings. The third kappa shape index (κ3) is 2.81. The lowest BCUT2D eigenvalue weighted by Gasteiger charge is -2.01. The van der Waals surface area contributed by atoms with Crippen molar-refractivity contribution in [2.45, 2.75) is 0 Å². The van der Waals surface area contributed by atoms with E-state index in [1.165, 1.54) is 0 Å². The molecule has 0 saturated carbocycles. The highest BCUT2D eigenvalue weighted by atomic mass is 16.2. The fraction of sp³-hybridized carbons (Fsp3) is 0.0625. The monoisotopic (exact) mass is 278 g/mol. The van der Waals surface area contributed by atoms with Crippen LogP contribution in [0.3, 0.4) is 0 Å². The summed E-state index contributed by atoms with van der Waals surface area (Å²) in [7, 11) is 1.76. The number of nitrogens with zero attached hydrogens (tertiary/aromatic N) is 3. The lowest BCUT2D eigenvalue weighted by molar-refractivity contribution is 0.0949. The Morgan fingerprint density at radius 1 is 1.19 bits per heavy atom. The van der Waals surface area contributed by atoms with Crippen molar-refractivity contribution in [1.29, 1.82) is 0 Å². The van der Waals surface area contributed by atoms with E-state index in [2.05, 4.69) is 15.6 Å². The summed E-state index contributed by atoms with van der Waals surface area (Å²) in [5.74, 6) is -0.327. The molecule has 0 fully saturated rings. The molecule has 0 bridgehead atoms. The molecular formula is C16H14N4O. The number of hydrogen-bond donors (Lipinski definition) is 1. The van der Waals surface area contributed by atoms with Crippen LogP contribution in [0.4, 0.5) is 0 Å². The third-order valence-electron chi connectivity index (χ3n) is 3.14. The standard InChI is InChI=1S/C16H14N4O/c1-20-10-9-15(19-20)16(21)18-17-11-13-7-4-6-12-5-2-3-8-14(12)13/h2-11H,1H3,(H,18,21). The topological polar surface area (TPSA) is 59.3 Å². The Balaban J connectivity index is 1.78. The van der Waals surface area contributed by atoms with Crippen LogP contribution in [0.5, 0.6) is 0 Å². The normalized spacial score (nSPS) is 11.1. The predicted molar refractivity (Wildman–Crippen MR) is 82.2 cm³/mol. The second-order valence-electron chi connectivity index (χ2n) is 4.64. The molecule has 0 unspecified atom stereocenters. The highest BCUT2D eigenvalue weighted by molar-refractivity contribution is 6.00. The number of benzene rings is 2. The Hall–Kier alpha value is -2.95. The second-order valence-corrected chi connectivity index (χ2v) is 4.64. The fourth-order valence-electron chi connectivity index (χ4n) is 2.12. The quantitative estimate of drug-likeness (QED) is 0.590. The van der Waals surface area contributed by atoms with Crippen LogP contribution in [0.25, 0.3) is 10.8 Å². The predicted octanol–water partition coefficient (Wildman–Crippen LogP) is 2.34. The molecule has 5 heteroatoms. The van der Waals surface area contributed by atoms with Crippen molar-refractivity contribution in [2.24, 2.45) is 12.1 Å². The van der Waals surface area contributed by atoms with Crippen LogP contribution in [0.2, 0.25) is 0 Å². The third-order valence-corrected chi connectivity index (χ3v) is 3.14. The molecule has 1 heterocycles. The van der Waals surface area contributed by atoms with Crippen molar-refractivity contribution in [3.8, 4) is 0 Å². The molecule has 3 rings (SSSR count). The van der Waals surface area contributed by atoms with Crippen LogP contribution in [0, 0.1) is 0 Å². The molecule has 0 atom stereocenters. The van der Waals surface area contributed by atoms with Gasteiger partial charge in [-0.15, -0.1) is 0 Å². The van der Waals surface area contributed by atoms with Crippen LogP contribution in [0.1, 0.15) is 16.1 Å².